The molecule has 4 bridgehead atoms. The first-order chi connectivity index (χ1) is 13.9. The number of hydrogen-bond donors (Lipinski definition) is 3. The van der Waals surface area contributed by atoms with Gasteiger partial charge >= 0.3 is 0 Å². The minimum absolute atomic E-state index is 0.101. The zero-order chi connectivity index (χ0) is 20.2. The van der Waals surface area contributed by atoms with Gasteiger partial charge in [-0.1, -0.05) is 0 Å². The summed E-state index contributed by atoms with van der Waals surface area (Å²) in [4.78, 5) is 22.4. The molecule has 5 fully saturated rings. The molecular weight excluding hydrogens is 368 g/mol. The fraction of sp³-hybridized carbons (Fsp3) is 0.773. The summed E-state index contributed by atoms with van der Waals surface area (Å²) in [6.07, 6.45) is 8.18. The van der Waals surface area contributed by atoms with Crippen LogP contribution >= 0.6 is 0 Å². The summed E-state index contributed by atoms with van der Waals surface area (Å²) in [6.45, 7) is 4.78. The molecular formula is C22H32N4O3. The van der Waals surface area contributed by atoms with Crippen molar-refractivity contribution in [3.05, 3.63) is 17.5 Å². The largest absolute Gasteiger partial charge is 0.390 e. The third-order valence-electron chi connectivity index (χ3n) is 7.25. The highest BCUT2D eigenvalue weighted by Gasteiger charge is 2.55. The number of carbonyl (C=O) groups is 1. The summed E-state index contributed by atoms with van der Waals surface area (Å²) < 4.78 is 5.86. The van der Waals surface area contributed by atoms with Gasteiger partial charge in [-0.2, -0.15) is 0 Å². The van der Waals surface area contributed by atoms with E-state index < -0.39 is 5.60 Å². The van der Waals surface area contributed by atoms with Gasteiger partial charge in [0.15, 0.2) is 0 Å². The third kappa shape index (κ3) is 3.63. The SMILES string of the molecule is CC(C)Nc1ncc(C(=O)NC2C3CC4CC2CC(O)(C4)C3)c([C@H]2CCCO2)n1. The van der Waals surface area contributed by atoms with Gasteiger partial charge in [0.2, 0.25) is 5.95 Å². The summed E-state index contributed by atoms with van der Waals surface area (Å²) in [6, 6.07) is 0.357. The smallest absolute Gasteiger partial charge is 0.255 e. The molecule has 0 radical (unpaired) electrons. The van der Waals surface area contributed by atoms with Gasteiger partial charge in [0, 0.05) is 24.9 Å². The van der Waals surface area contributed by atoms with E-state index in [0.29, 0.717) is 41.6 Å². The summed E-state index contributed by atoms with van der Waals surface area (Å²) in [5, 5.41) is 17.3. The molecule has 1 saturated heterocycles. The van der Waals surface area contributed by atoms with E-state index in [0.717, 1.165) is 44.9 Å². The van der Waals surface area contributed by atoms with E-state index in [1.54, 1.807) is 6.20 Å². The number of aromatic nitrogens is 2. The lowest BCUT2D eigenvalue weighted by molar-refractivity contribution is -0.136. The Hall–Kier alpha value is -1.73. The summed E-state index contributed by atoms with van der Waals surface area (Å²) in [5.74, 6) is 1.82. The van der Waals surface area contributed by atoms with Crippen molar-refractivity contribution in [1.82, 2.24) is 15.3 Å². The fourth-order valence-electron chi connectivity index (χ4n) is 6.38. The molecule has 1 aromatic heterocycles. The van der Waals surface area contributed by atoms with Crippen molar-refractivity contribution in [2.45, 2.75) is 82.6 Å². The van der Waals surface area contributed by atoms with Crippen LogP contribution in [0.1, 0.15) is 80.9 Å². The first-order valence-electron chi connectivity index (χ1n) is 11.2. The van der Waals surface area contributed by atoms with Crippen LogP contribution in [-0.4, -0.2) is 45.3 Å². The van der Waals surface area contributed by atoms with Crippen LogP contribution in [0.3, 0.4) is 0 Å². The second kappa shape index (κ2) is 7.20. The van der Waals surface area contributed by atoms with E-state index in [4.69, 9.17) is 4.74 Å². The quantitative estimate of drug-likeness (QED) is 0.703. The molecule has 0 spiro atoms. The van der Waals surface area contributed by atoms with Crippen molar-refractivity contribution in [3.8, 4) is 0 Å². The first kappa shape index (κ1) is 19.2. The van der Waals surface area contributed by atoms with Gasteiger partial charge in [0.1, 0.15) is 6.10 Å². The Morgan fingerprint density at radius 3 is 2.66 bits per heavy atom. The van der Waals surface area contributed by atoms with Gasteiger partial charge in [-0.15, -0.1) is 0 Å². The van der Waals surface area contributed by atoms with Crippen molar-refractivity contribution in [2.24, 2.45) is 17.8 Å². The van der Waals surface area contributed by atoms with Crippen LogP contribution in [0.15, 0.2) is 6.20 Å². The maximum absolute atomic E-state index is 13.3. The zero-order valence-electron chi connectivity index (χ0n) is 17.4. The van der Waals surface area contributed by atoms with Crippen molar-refractivity contribution >= 4 is 11.9 Å². The van der Waals surface area contributed by atoms with E-state index in [-0.39, 0.29) is 24.1 Å². The Morgan fingerprint density at radius 1 is 1.28 bits per heavy atom. The topological polar surface area (TPSA) is 96.4 Å². The number of anilines is 1. The Labute approximate surface area is 172 Å². The van der Waals surface area contributed by atoms with E-state index in [1.165, 1.54) is 0 Å². The van der Waals surface area contributed by atoms with Crippen molar-refractivity contribution in [3.63, 3.8) is 0 Å². The molecule has 1 aliphatic heterocycles. The molecule has 29 heavy (non-hydrogen) atoms. The van der Waals surface area contributed by atoms with Crippen LogP contribution in [0.5, 0.6) is 0 Å². The van der Waals surface area contributed by atoms with Crippen LogP contribution in [0.4, 0.5) is 5.95 Å². The summed E-state index contributed by atoms with van der Waals surface area (Å²) in [7, 11) is 0. The lowest BCUT2D eigenvalue weighted by Crippen LogP contribution is -2.61. The minimum atomic E-state index is -0.492. The van der Waals surface area contributed by atoms with Gasteiger partial charge in [-0.3, -0.25) is 4.79 Å². The monoisotopic (exact) mass is 400 g/mol. The Morgan fingerprint density at radius 2 is 2.03 bits per heavy atom. The molecule has 0 aromatic carbocycles. The van der Waals surface area contributed by atoms with E-state index in [9.17, 15) is 9.90 Å². The third-order valence-corrected chi connectivity index (χ3v) is 7.25. The second-order valence-corrected chi connectivity index (χ2v) is 9.99. The highest BCUT2D eigenvalue weighted by Crippen LogP contribution is 2.55. The van der Waals surface area contributed by atoms with Crippen molar-refractivity contribution < 1.29 is 14.6 Å². The predicted molar refractivity (Wildman–Crippen MR) is 108 cm³/mol. The van der Waals surface area contributed by atoms with Crippen molar-refractivity contribution in [2.75, 3.05) is 11.9 Å². The molecule has 3 atom stereocenters. The molecule has 1 aromatic rings. The summed E-state index contributed by atoms with van der Waals surface area (Å²) >= 11 is 0. The normalized spacial score (nSPS) is 37.9. The molecule has 4 saturated carbocycles. The van der Waals surface area contributed by atoms with Crippen LogP contribution in [0.25, 0.3) is 0 Å². The number of rotatable bonds is 5. The predicted octanol–water partition coefficient (Wildman–Crippen LogP) is 2.82. The summed E-state index contributed by atoms with van der Waals surface area (Å²) in [5.41, 5.74) is 0.729. The average molecular weight is 401 g/mol. The average Bonchev–Trinajstić information content (AvgIpc) is 3.17. The van der Waals surface area contributed by atoms with Gasteiger partial charge in [0.05, 0.1) is 16.9 Å². The van der Waals surface area contributed by atoms with Gasteiger partial charge in [-0.25, -0.2) is 9.97 Å². The number of carbonyl (C=O) groups excluding carboxylic acids is 1. The molecule has 2 unspecified atom stereocenters. The lowest BCUT2D eigenvalue weighted by Gasteiger charge is -2.58. The molecule has 2 heterocycles. The second-order valence-electron chi connectivity index (χ2n) is 9.99. The van der Waals surface area contributed by atoms with Crippen LogP contribution in [0.2, 0.25) is 0 Å². The maximum atomic E-state index is 13.3. The minimum Gasteiger partial charge on any atom is -0.390 e. The molecule has 7 nitrogen and oxygen atoms in total. The first-order valence-corrected chi connectivity index (χ1v) is 11.2. The number of aliphatic hydroxyl groups is 1. The van der Waals surface area contributed by atoms with Crippen LogP contribution < -0.4 is 10.6 Å². The molecule has 158 valence electrons. The van der Waals surface area contributed by atoms with Crippen LogP contribution in [-0.2, 0) is 4.74 Å². The van der Waals surface area contributed by atoms with Gasteiger partial charge in [0.25, 0.3) is 5.91 Å². The number of nitrogens with one attached hydrogen (secondary N) is 2. The Kier molecular flexibility index (Phi) is 4.78. The fourth-order valence-corrected chi connectivity index (χ4v) is 6.38. The van der Waals surface area contributed by atoms with Crippen molar-refractivity contribution in [1.29, 1.82) is 0 Å². The maximum Gasteiger partial charge on any atom is 0.255 e. The van der Waals surface area contributed by atoms with Crippen LogP contribution in [0, 0.1) is 17.8 Å². The van der Waals surface area contributed by atoms with E-state index >= 15 is 0 Å². The number of amides is 1. The number of hydrogen-bond acceptors (Lipinski definition) is 6. The molecule has 3 N–H and O–H groups in total. The Balaban J connectivity index is 1.38. The number of ether oxygens (including phenoxy) is 1. The standard InChI is InChI=1S/C22H32N4O3/c1-12(2)24-21-23-11-16(19(26-21)17-4-3-5-29-17)20(27)25-18-14-6-13-7-15(18)10-22(28,8-13)9-14/h11-15,17-18,28H,3-10H2,1-2H3,(H,25,27)(H,23,24,26)/t13?,14?,15?,17-,18?,22?/m1/s1. The molecule has 7 heteroatoms. The van der Waals surface area contributed by atoms with E-state index in [1.807, 2.05) is 13.8 Å². The lowest BCUT2D eigenvalue weighted by atomic mass is 9.52. The molecule has 6 rings (SSSR count). The molecule has 4 aliphatic carbocycles. The highest BCUT2D eigenvalue weighted by atomic mass is 16.5. The highest BCUT2D eigenvalue weighted by molar-refractivity contribution is 5.95. The molecule has 1 amide bonds. The van der Waals surface area contributed by atoms with Gasteiger partial charge < -0.3 is 20.5 Å². The molecule has 5 aliphatic rings. The zero-order valence-corrected chi connectivity index (χ0v) is 17.4. The van der Waals surface area contributed by atoms with Gasteiger partial charge in [-0.05, 0) is 76.5 Å². The van der Waals surface area contributed by atoms with E-state index in [2.05, 4.69) is 20.6 Å². The Bertz CT molecular complexity index is 776. The number of nitrogens with zero attached hydrogens (tertiary/aromatic N) is 2.